The van der Waals surface area contributed by atoms with E-state index in [-0.39, 0.29) is 6.04 Å². The molecule has 0 radical (unpaired) electrons. The first-order chi connectivity index (χ1) is 26.8. The van der Waals surface area contributed by atoms with E-state index in [1.807, 2.05) is 24.3 Å². The minimum Gasteiger partial charge on any atom is -0.340 e. The van der Waals surface area contributed by atoms with Gasteiger partial charge in [0, 0.05) is 33.0 Å². The van der Waals surface area contributed by atoms with Gasteiger partial charge < -0.3 is 5.32 Å². The second-order valence-electron chi connectivity index (χ2n) is 13.8. The zero-order valence-corrected chi connectivity index (χ0v) is 29.5. The summed E-state index contributed by atoms with van der Waals surface area (Å²) in [6.07, 6.45) is 16.8. The summed E-state index contributed by atoms with van der Waals surface area (Å²) < 4.78 is 0. The lowest BCUT2D eigenvalue weighted by Gasteiger charge is -2.24. The van der Waals surface area contributed by atoms with Crippen molar-refractivity contribution >= 4 is 49.1 Å². The Morgan fingerprint density at radius 3 is 1.89 bits per heavy atom. The molecule has 3 nitrogen and oxygen atoms in total. The fourth-order valence-corrected chi connectivity index (χ4v) is 7.92. The van der Waals surface area contributed by atoms with Gasteiger partial charge in [0.1, 0.15) is 5.84 Å². The van der Waals surface area contributed by atoms with Gasteiger partial charge in [-0.15, -0.1) is 0 Å². The van der Waals surface area contributed by atoms with Crippen LogP contribution in [0.25, 0.3) is 65.6 Å². The van der Waals surface area contributed by atoms with Crippen LogP contribution in [-0.2, 0) is 0 Å². The van der Waals surface area contributed by atoms with Crippen LogP contribution in [0.4, 0.5) is 0 Å². The first-order valence-corrected chi connectivity index (χ1v) is 18.5. The summed E-state index contributed by atoms with van der Waals surface area (Å²) in [7, 11) is 0. The second-order valence-corrected chi connectivity index (χ2v) is 13.8. The van der Waals surface area contributed by atoms with Gasteiger partial charge in [-0.2, -0.15) is 0 Å². The first kappa shape index (κ1) is 31.6. The molecular formula is C51H35N3. The third-order valence-electron chi connectivity index (χ3n) is 10.5. The van der Waals surface area contributed by atoms with Crippen molar-refractivity contribution in [1.82, 2.24) is 10.3 Å². The van der Waals surface area contributed by atoms with Gasteiger partial charge in [-0.25, -0.2) is 4.98 Å². The van der Waals surface area contributed by atoms with Crippen LogP contribution in [0.1, 0.15) is 17.2 Å². The standard InChI is InChI=1S/C51H35N3/c1-2-5-16-35(17-6-3-1)46-33-47(54-51(53-46)37-18-7-4-8-19-37)36-30-28-34(29-31-36)38-20-15-21-39(32-38)50-49-43-25-12-10-23-41(43)40-22-9-11-24-42(40)48(49)44-26-13-14-27-45(44)52-50/h1-33,47H,(H,53,54). The molecule has 0 fully saturated rings. The van der Waals surface area contributed by atoms with Gasteiger partial charge >= 0.3 is 0 Å². The Morgan fingerprint density at radius 1 is 0.463 bits per heavy atom. The van der Waals surface area contributed by atoms with Gasteiger partial charge in [-0.3, -0.25) is 4.99 Å². The van der Waals surface area contributed by atoms with Crippen molar-refractivity contribution < 1.29 is 0 Å². The van der Waals surface area contributed by atoms with Gasteiger partial charge in [0.15, 0.2) is 0 Å². The largest absolute Gasteiger partial charge is 0.340 e. The summed E-state index contributed by atoms with van der Waals surface area (Å²) >= 11 is 0. The van der Waals surface area contributed by atoms with E-state index in [2.05, 4.69) is 181 Å². The zero-order chi connectivity index (χ0) is 35.8. The van der Waals surface area contributed by atoms with Crippen LogP contribution in [0.3, 0.4) is 0 Å². The molecule has 0 saturated heterocycles. The SMILES string of the molecule is C1=CC=CC(C2=CC(c3ccc(-c4cccc(-c5nc6ccccc6c6c7ccccc7c7ccccc7c56)c4)cc3)N=C(c3ccccc3)N2)=CC=C1. The Morgan fingerprint density at radius 2 is 1.09 bits per heavy atom. The molecule has 3 heteroatoms. The Labute approximate surface area is 314 Å². The van der Waals surface area contributed by atoms with Gasteiger partial charge in [0.25, 0.3) is 0 Å². The lowest BCUT2D eigenvalue weighted by Crippen LogP contribution is -2.29. The molecule has 0 amide bonds. The minimum atomic E-state index is -0.146. The number of allylic oxidation sites excluding steroid dienone is 7. The lowest BCUT2D eigenvalue weighted by molar-refractivity contribution is 0.851. The summed E-state index contributed by atoms with van der Waals surface area (Å²) in [4.78, 5) is 10.6. The van der Waals surface area contributed by atoms with E-state index in [1.165, 1.54) is 37.7 Å². The summed E-state index contributed by atoms with van der Waals surface area (Å²) in [5.74, 6) is 0.862. The predicted molar refractivity (Wildman–Crippen MR) is 228 cm³/mol. The van der Waals surface area contributed by atoms with Gasteiger partial charge in [-0.05, 0) is 62.0 Å². The van der Waals surface area contributed by atoms with Crippen molar-refractivity contribution in [3.63, 3.8) is 0 Å². The number of benzene rings is 7. The Balaban J connectivity index is 1.08. The van der Waals surface area contributed by atoms with Crippen LogP contribution in [0.15, 0.2) is 217 Å². The molecule has 2 heterocycles. The first-order valence-electron chi connectivity index (χ1n) is 18.5. The average molecular weight is 690 g/mol. The molecule has 8 aromatic rings. The van der Waals surface area contributed by atoms with Crippen LogP contribution in [0.2, 0.25) is 0 Å². The van der Waals surface area contributed by atoms with E-state index in [1.54, 1.807) is 0 Å². The van der Waals surface area contributed by atoms with Crippen molar-refractivity contribution in [3.8, 4) is 22.4 Å². The van der Waals surface area contributed by atoms with E-state index in [9.17, 15) is 0 Å². The number of amidine groups is 1. The van der Waals surface area contributed by atoms with Crippen molar-refractivity contribution in [2.45, 2.75) is 6.04 Å². The summed E-state index contributed by atoms with van der Waals surface area (Å²) in [6, 6.07) is 54.0. The summed E-state index contributed by atoms with van der Waals surface area (Å²) in [5.41, 5.74) is 9.73. The molecule has 1 aliphatic carbocycles. The highest BCUT2D eigenvalue weighted by molar-refractivity contribution is 6.33. The average Bonchev–Trinajstić information content (AvgIpc) is 3.23. The van der Waals surface area contributed by atoms with Crippen molar-refractivity contribution in [2.24, 2.45) is 4.99 Å². The number of fused-ring (bicyclic) bond motifs is 8. The number of para-hydroxylation sites is 1. The molecule has 254 valence electrons. The van der Waals surface area contributed by atoms with Crippen molar-refractivity contribution in [3.05, 3.63) is 223 Å². The maximum absolute atomic E-state index is 5.39. The van der Waals surface area contributed by atoms with Crippen LogP contribution in [0, 0.1) is 0 Å². The fraction of sp³-hybridized carbons (Fsp3) is 0.0196. The van der Waals surface area contributed by atoms with E-state index in [0.717, 1.165) is 56.1 Å². The van der Waals surface area contributed by atoms with Gasteiger partial charge in [0.2, 0.25) is 0 Å². The van der Waals surface area contributed by atoms with Crippen molar-refractivity contribution in [2.75, 3.05) is 0 Å². The van der Waals surface area contributed by atoms with Crippen LogP contribution >= 0.6 is 0 Å². The number of aliphatic imine (C=N–C) groups is 1. The molecule has 1 aromatic heterocycles. The van der Waals surface area contributed by atoms with E-state index in [4.69, 9.17) is 9.98 Å². The number of pyridine rings is 1. The van der Waals surface area contributed by atoms with Crippen LogP contribution < -0.4 is 5.32 Å². The molecule has 1 N–H and O–H groups in total. The molecule has 1 unspecified atom stereocenters. The molecule has 1 atom stereocenters. The highest BCUT2D eigenvalue weighted by Gasteiger charge is 2.21. The third-order valence-corrected chi connectivity index (χ3v) is 10.5. The maximum Gasteiger partial charge on any atom is 0.133 e. The number of hydrogen-bond donors (Lipinski definition) is 1. The normalized spacial score (nSPS) is 15.5. The molecule has 2 aliphatic rings. The zero-order valence-electron chi connectivity index (χ0n) is 29.5. The maximum atomic E-state index is 5.39. The van der Waals surface area contributed by atoms with E-state index in [0.29, 0.717) is 0 Å². The molecule has 7 aromatic carbocycles. The molecule has 10 rings (SSSR count). The van der Waals surface area contributed by atoms with Gasteiger partial charge in [0.05, 0.1) is 17.3 Å². The highest BCUT2D eigenvalue weighted by Crippen LogP contribution is 2.43. The van der Waals surface area contributed by atoms with E-state index >= 15 is 0 Å². The topological polar surface area (TPSA) is 37.3 Å². The Bertz CT molecular complexity index is 2940. The summed E-state index contributed by atoms with van der Waals surface area (Å²) in [5, 5.41) is 12.2. The molecule has 54 heavy (non-hydrogen) atoms. The van der Waals surface area contributed by atoms with Crippen LogP contribution in [-0.4, -0.2) is 10.8 Å². The van der Waals surface area contributed by atoms with Crippen molar-refractivity contribution in [1.29, 1.82) is 0 Å². The fourth-order valence-electron chi connectivity index (χ4n) is 7.92. The van der Waals surface area contributed by atoms with Crippen LogP contribution in [0.5, 0.6) is 0 Å². The number of rotatable bonds is 5. The molecule has 0 bridgehead atoms. The molecule has 0 spiro atoms. The second kappa shape index (κ2) is 13.5. The third kappa shape index (κ3) is 5.64. The predicted octanol–water partition coefficient (Wildman–Crippen LogP) is 12.6. The quantitative estimate of drug-likeness (QED) is 0.183. The number of hydrogen-bond acceptors (Lipinski definition) is 3. The summed E-state index contributed by atoms with van der Waals surface area (Å²) in [6.45, 7) is 0. The minimum absolute atomic E-state index is 0.146. The number of nitrogens with zero attached hydrogens (tertiary/aromatic N) is 2. The van der Waals surface area contributed by atoms with E-state index < -0.39 is 0 Å². The Kier molecular flexibility index (Phi) is 7.88. The Hall–Kier alpha value is -7.10. The lowest BCUT2D eigenvalue weighted by atomic mass is 9.89. The highest BCUT2D eigenvalue weighted by atomic mass is 15.0. The molecule has 1 aliphatic heterocycles. The number of nitrogens with one attached hydrogen (secondary N) is 1. The monoisotopic (exact) mass is 689 g/mol. The number of aromatic nitrogens is 1. The smallest absolute Gasteiger partial charge is 0.133 e. The molecule has 0 saturated carbocycles. The van der Waals surface area contributed by atoms with Gasteiger partial charge in [-0.1, -0.05) is 182 Å². The molecular weight excluding hydrogens is 655 g/mol.